The average Bonchev–Trinajstić information content (AvgIpc) is 2.30. The van der Waals surface area contributed by atoms with Crippen molar-refractivity contribution in [2.45, 2.75) is 40.2 Å². The van der Waals surface area contributed by atoms with Gasteiger partial charge in [0.15, 0.2) is 0 Å². The van der Waals surface area contributed by atoms with Crippen molar-refractivity contribution in [3.8, 4) is 0 Å². The van der Waals surface area contributed by atoms with E-state index in [0.717, 1.165) is 5.56 Å². The van der Waals surface area contributed by atoms with Crippen LogP contribution in [-0.4, -0.2) is 17.8 Å². The highest BCUT2D eigenvalue weighted by Crippen LogP contribution is 2.11. The Morgan fingerprint density at radius 2 is 1.94 bits per heavy atom. The number of nitrogens with one attached hydrogen (secondary N) is 1. The number of carbonyl (C=O) groups excluding carboxylic acids is 1. The fourth-order valence-electron chi connectivity index (χ4n) is 1.74. The van der Waals surface area contributed by atoms with E-state index in [1.54, 1.807) is 0 Å². The first-order valence-electron chi connectivity index (χ1n) is 6.35. The number of hydrogen-bond acceptors (Lipinski definition) is 1. The third kappa shape index (κ3) is 4.34. The monoisotopic (exact) mass is 267 g/mol. The van der Waals surface area contributed by atoms with Crippen molar-refractivity contribution in [2.75, 3.05) is 5.88 Å². The smallest absolute Gasteiger partial charge is 0.224 e. The normalized spacial score (nSPS) is 12.6. The Morgan fingerprint density at radius 1 is 1.28 bits per heavy atom. The second kappa shape index (κ2) is 6.79. The molecule has 2 nitrogen and oxygen atoms in total. The highest BCUT2D eigenvalue weighted by molar-refractivity contribution is 6.18. The van der Waals surface area contributed by atoms with Crippen LogP contribution in [0.15, 0.2) is 18.2 Å². The molecule has 0 fully saturated rings. The molecular formula is C15H22ClNO. The van der Waals surface area contributed by atoms with Crippen LogP contribution in [0.25, 0.3) is 0 Å². The number of halogens is 1. The summed E-state index contributed by atoms with van der Waals surface area (Å²) in [4.78, 5) is 11.9. The van der Waals surface area contributed by atoms with E-state index in [2.05, 4.69) is 45.1 Å². The highest BCUT2D eigenvalue weighted by atomic mass is 35.5. The van der Waals surface area contributed by atoms with Crippen LogP contribution < -0.4 is 5.32 Å². The molecular weight excluding hydrogens is 246 g/mol. The van der Waals surface area contributed by atoms with Crippen molar-refractivity contribution >= 4 is 17.5 Å². The Hall–Kier alpha value is -1.02. The quantitative estimate of drug-likeness (QED) is 0.816. The average molecular weight is 268 g/mol. The standard InChI is InChI=1S/C15H22ClNO/c1-10(2)14(9-16)17-15(18)8-13-6-5-11(3)12(4)7-13/h5-7,10,14H,8-9H2,1-4H3,(H,17,18). The Labute approximate surface area is 115 Å². The van der Waals surface area contributed by atoms with E-state index in [-0.39, 0.29) is 11.9 Å². The number of alkyl halides is 1. The van der Waals surface area contributed by atoms with E-state index >= 15 is 0 Å². The summed E-state index contributed by atoms with van der Waals surface area (Å²) in [6.45, 7) is 8.25. The summed E-state index contributed by atoms with van der Waals surface area (Å²) in [6, 6.07) is 6.18. The van der Waals surface area contributed by atoms with Crippen LogP contribution in [0.3, 0.4) is 0 Å². The van der Waals surface area contributed by atoms with Gasteiger partial charge in [0.25, 0.3) is 0 Å². The molecule has 0 spiro atoms. The molecule has 0 aliphatic rings. The van der Waals surface area contributed by atoms with Crippen LogP contribution in [0.2, 0.25) is 0 Å². The van der Waals surface area contributed by atoms with E-state index in [4.69, 9.17) is 11.6 Å². The summed E-state index contributed by atoms with van der Waals surface area (Å²) in [7, 11) is 0. The van der Waals surface area contributed by atoms with Gasteiger partial charge in [-0.15, -0.1) is 11.6 Å². The maximum atomic E-state index is 11.9. The lowest BCUT2D eigenvalue weighted by Gasteiger charge is -2.19. The molecule has 18 heavy (non-hydrogen) atoms. The fraction of sp³-hybridized carbons (Fsp3) is 0.533. The zero-order valence-corrected chi connectivity index (χ0v) is 12.3. The number of carbonyl (C=O) groups is 1. The van der Waals surface area contributed by atoms with Crippen LogP contribution >= 0.6 is 11.6 Å². The molecule has 0 bridgehead atoms. The molecule has 0 saturated heterocycles. The Morgan fingerprint density at radius 3 is 2.44 bits per heavy atom. The summed E-state index contributed by atoms with van der Waals surface area (Å²) in [5.41, 5.74) is 3.52. The van der Waals surface area contributed by atoms with Gasteiger partial charge in [0.05, 0.1) is 6.42 Å². The van der Waals surface area contributed by atoms with Crippen LogP contribution in [0, 0.1) is 19.8 Å². The fourth-order valence-corrected chi connectivity index (χ4v) is 2.17. The molecule has 1 N–H and O–H groups in total. The third-order valence-corrected chi connectivity index (χ3v) is 3.59. The lowest BCUT2D eigenvalue weighted by atomic mass is 10.0. The Balaban J connectivity index is 2.61. The maximum absolute atomic E-state index is 11.9. The molecule has 1 aromatic carbocycles. The molecule has 0 aromatic heterocycles. The summed E-state index contributed by atoms with van der Waals surface area (Å²) < 4.78 is 0. The molecule has 0 radical (unpaired) electrons. The molecule has 100 valence electrons. The summed E-state index contributed by atoms with van der Waals surface area (Å²) >= 11 is 5.84. The van der Waals surface area contributed by atoms with Crippen LogP contribution in [-0.2, 0) is 11.2 Å². The van der Waals surface area contributed by atoms with Crippen LogP contribution in [0.1, 0.15) is 30.5 Å². The minimum Gasteiger partial charge on any atom is -0.352 e. The molecule has 0 heterocycles. The highest BCUT2D eigenvalue weighted by Gasteiger charge is 2.15. The lowest BCUT2D eigenvalue weighted by Crippen LogP contribution is -2.40. The van der Waals surface area contributed by atoms with E-state index in [1.807, 2.05) is 6.07 Å². The number of rotatable bonds is 5. The van der Waals surface area contributed by atoms with Crippen molar-refractivity contribution in [3.63, 3.8) is 0 Å². The van der Waals surface area contributed by atoms with Gasteiger partial charge >= 0.3 is 0 Å². The van der Waals surface area contributed by atoms with Gasteiger partial charge in [0, 0.05) is 11.9 Å². The number of aryl methyl sites for hydroxylation is 2. The van der Waals surface area contributed by atoms with Crippen LogP contribution in [0.5, 0.6) is 0 Å². The molecule has 1 aromatic rings. The van der Waals surface area contributed by atoms with Gasteiger partial charge in [-0.25, -0.2) is 0 Å². The van der Waals surface area contributed by atoms with Gasteiger partial charge in [-0.1, -0.05) is 32.0 Å². The van der Waals surface area contributed by atoms with Crippen molar-refractivity contribution in [3.05, 3.63) is 34.9 Å². The van der Waals surface area contributed by atoms with Crippen LogP contribution in [0.4, 0.5) is 0 Å². The zero-order valence-electron chi connectivity index (χ0n) is 11.6. The first-order chi connectivity index (χ1) is 8.43. The van der Waals surface area contributed by atoms with Gasteiger partial charge in [0.1, 0.15) is 0 Å². The molecule has 3 heteroatoms. The second-order valence-electron chi connectivity index (χ2n) is 5.17. The Bertz CT molecular complexity index is 415. The minimum absolute atomic E-state index is 0.0394. The molecule has 1 unspecified atom stereocenters. The molecule has 0 aliphatic heterocycles. The summed E-state index contributed by atoms with van der Waals surface area (Å²) in [5.74, 6) is 0.847. The predicted octanol–water partition coefficient (Wildman–Crippen LogP) is 3.23. The Kier molecular flexibility index (Phi) is 5.67. The first-order valence-corrected chi connectivity index (χ1v) is 6.89. The van der Waals surface area contributed by atoms with Gasteiger partial charge in [0.2, 0.25) is 5.91 Å². The second-order valence-corrected chi connectivity index (χ2v) is 5.48. The van der Waals surface area contributed by atoms with E-state index in [1.165, 1.54) is 11.1 Å². The van der Waals surface area contributed by atoms with Gasteiger partial charge < -0.3 is 5.32 Å². The van der Waals surface area contributed by atoms with E-state index < -0.39 is 0 Å². The maximum Gasteiger partial charge on any atom is 0.224 e. The minimum atomic E-state index is 0.0394. The predicted molar refractivity (Wildman–Crippen MR) is 77.1 cm³/mol. The van der Waals surface area contributed by atoms with Crippen molar-refractivity contribution < 1.29 is 4.79 Å². The van der Waals surface area contributed by atoms with E-state index in [0.29, 0.717) is 18.2 Å². The van der Waals surface area contributed by atoms with Gasteiger partial charge in [-0.3, -0.25) is 4.79 Å². The van der Waals surface area contributed by atoms with Crippen molar-refractivity contribution in [1.29, 1.82) is 0 Å². The lowest BCUT2D eigenvalue weighted by molar-refractivity contribution is -0.121. The first kappa shape index (κ1) is 15.0. The number of benzene rings is 1. The molecule has 1 atom stereocenters. The number of amides is 1. The summed E-state index contributed by atoms with van der Waals surface area (Å²) in [5, 5.41) is 2.98. The van der Waals surface area contributed by atoms with Gasteiger partial charge in [-0.05, 0) is 36.5 Å². The topological polar surface area (TPSA) is 29.1 Å². The van der Waals surface area contributed by atoms with Crippen molar-refractivity contribution in [2.24, 2.45) is 5.92 Å². The van der Waals surface area contributed by atoms with Crippen molar-refractivity contribution in [1.82, 2.24) is 5.32 Å². The third-order valence-electron chi connectivity index (χ3n) is 3.25. The molecule has 0 saturated carbocycles. The number of hydrogen-bond donors (Lipinski definition) is 1. The van der Waals surface area contributed by atoms with E-state index in [9.17, 15) is 4.79 Å². The zero-order chi connectivity index (χ0) is 13.7. The largest absolute Gasteiger partial charge is 0.352 e. The summed E-state index contributed by atoms with van der Waals surface area (Å²) in [6.07, 6.45) is 0.418. The SMILES string of the molecule is Cc1ccc(CC(=O)NC(CCl)C(C)C)cc1C. The molecule has 0 aliphatic carbocycles. The molecule has 1 amide bonds. The van der Waals surface area contributed by atoms with Gasteiger partial charge in [-0.2, -0.15) is 0 Å². The molecule has 1 rings (SSSR count).